The summed E-state index contributed by atoms with van der Waals surface area (Å²) in [7, 11) is 0. The standard InChI is InChI=1S/C15H22FNO/c1-3-4-10-17(12-8-9-12)14-7-5-6-13(16)15(14)11(2)18/h5-7,11-12,18H,3-4,8-10H2,1-2H3/t11-/m1/s1. The zero-order valence-corrected chi connectivity index (χ0v) is 11.2. The number of benzene rings is 1. The van der Waals surface area contributed by atoms with E-state index in [2.05, 4.69) is 11.8 Å². The molecule has 1 aromatic rings. The van der Waals surface area contributed by atoms with Gasteiger partial charge >= 0.3 is 0 Å². The summed E-state index contributed by atoms with van der Waals surface area (Å²) in [6.45, 7) is 4.74. The van der Waals surface area contributed by atoms with Crippen LogP contribution in [0.2, 0.25) is 0 Å². The van der Waals surface area contributed by atoms with Crippen molar-refractivity contribution in [3.05, 3.63) is 29.6 Å². The third-order valence-corrected chi connectivity index (χ3v) is 3.50. The molecule has 0 unspecified atom stereocenters. The summed E-state index contributed by atoms with van der Waals surface area (Å²) in [6, 6.07) is 5.63. The van der Waals surface area contributed by atoms with E-state index in [9.17, 15) is 9.50 Å². The molecule has 0 spiro atoms. The number of hydrogen-bond acceptors (Lipinski definition) is 2. The van der Waals surface area contributed by atoms with Crippen LogP contribution in [-0.2, 0) is 0 Å². The van der Waals surface area contributed by atoms with Crippen LogP contribution in [0.1, 0.15) is 51.2 Å². The van der Waals surface area contributed by atoms with E-state index in [0.717, 1.165) is 25.1 Å². The maximum atomic E-state index is 13.9. The molecular weight excluding hydrogens is 229 g/mol. The molecule has 18 heavy (non-hydrogen) atoms. The molecule has 0 aromatic heterocycles. The first kappa shape index (κ1) is 13.3. The van der Waals surface area contributed by atoms with Gasteiger partial charge in [-0.25, -0.2) is 4.39 Å². The van der Waals surface area contributed by atoms with Crippen LogP contribution in [-0.4, -0.2) is 17.7 Å². The van der Waals surface area contributed by atoms with Crippen molar-refractivity contribution in [2.75, 3.05) is 11.4 Å². The summed E-state index contributed by atoms with van der Waals surface area (Å²) in [4.78, 5) is 2.27. The van der Waals surface area contributed by atoms with E-state index < -0.39 is 6.10 Å². The smallest absolute Gasteiger partial charge is 0.131 e. The molecule has 0 heterocycles. The van der Waals surface area contributed by atoms with Crippen molar-refractivity contribution in [3.63, 3.8) is 0 Å². The Balaban J connectivity index is 2.31. The predicted molar refractivity (Wildman–Crippen MR) is 72.3 cm³/mol. The summed E-state index contributed by atoms with van der Waals surface area (Å²) in [5.41, 5.74) is 1.32. The molecule has 1 atom stereocenters. The van der Waals surface area contributed by atoms with Crippen molar-refractivity contribution in [2.24, 2.45) is 0 Å². The second-order valence-corrected chi connectivity index (χ2v) is 5.13. The largest absolute Gasteiger partial charge is 0.389 e. The fourth-order valence-electron chi connectivity index (χ4n) is 2.40. The van der Waals surface area contributed by atoms with E-state index in [0.29, 0.717) is 11.6 Å². The first-order chi connectivity index (χ1) is 8.65. The van der Waals surface area contributed by atoms with Gasteiger partial charge in [0.2, 0.25) is 0 Å². The van der Waals surface area contributed by atoms with Crippen LogP contribution >= 0.6 is 0 Å². The van der Waals surface area contributed by atoms with Gasteiger partial charge in [-0.2, -0.15) is 0 Å². The first-order valence-electron chi connectivity index (χ1n) is 6.88. The SMILES string of the molecule is CCCCN(c1cccc(F)c1[C@@H](C)O)C1CC1. The zero-order valence-electron chi connectivity index (χ0n) is 11.2. The first-order valence-corrected chi connectivity index (χ1v) is 6.88. The van der Waals surface area contributed by atoms with Crippen LogP contribution in [0.5, 0.6) is 0 Å². The summed E-state index contributed by atoms with van der Waals surface area (Å²) in [5.74, 6) is -0.301. The fourth-order valence-corrected chi connectivity index (χ4v) is 2.40. The molecule has 1 saturated carbocycles. The van der Waals surface area contributed by atoms with E-state index in [-0.39, 0.29) is 5.82 Å². The number of unbranched alkanes of at least 4 members (excludes halogenated alkanes) is 1. The Kier molecular flexibility index (Phi) is 4.23. The van der Waals surface area contributed by atoms with E-state index in [1.807, 2.05) is 6.07 Å². The molecule has 0 aliphatic heterocycles. The normalized spacial score (nSPS) is 16.7. The number of aliphatic hydroxyl groups is 1. The van der Waals surface area contributed by atoms with Crippen LogP contribution in [0.4, 0.5) is 10.1 Å². The van der Waals surface area contributed by atoms with Crippen LogP contribution in [0.3, 0.4) is 0 Å². The summed E-state index contributed by atoms with van der Waals surface area (Å²) >= 11 is 0. The molecule has 0 amide bonds. The molecule has 1 aromatic carbocycles. The molecule has 100 valence electrons. The number of rotatable bonds is 6. The Labute approximate surface area is 108 Å². The van der Waals surface area contributed by atoms with Gasteiger partial charge in [-0.3, -0.25) is 0 Å². The molecule has 2 rings (SSSR count). The Bertz CT molecular complexity index is 401. The molecule has 3 heteroatoms. The summed E-state index contributed by atoms with van der Waals surface area (Å²) < 4.78 is 13.9. The Morgan fingerprint density at radius 3 is 2.72 bits per heavy atom. The highest BCUT2D eigenvalue weighted by Gasteiger charge is 2.31. The minimum absolute atomic E-state index is 0.301. The van der Waals surface area contributed by atoms with Gasteiger partial charge < -0.3 is 10.0 Å². The number of anilines is 1. The van der Waals surface area contributed by atoms with Gasteiger partial charge in [0.25, 0.3) is 0 Å². The van der Waals surface area contributed by atoms with Crippen molar-refractivity contribution in [3.8, 4) is 0 Å². The lowest BCUT2D eigenvalue weighted by molar-refractivity contribution is 0.194. The third-order valence-electron chi connectivity index (χ3n) is 3.50. The average molecular weight is 251 g/mol. The van der Waals surface area contributed by atoms with Crippen molar-refractivity contribution in [1.29, 1.82) is 0 Å². The molecule has 0 bridgehead atoms. The van der Waals surface area contributed by atoms with E-state index in [1.54, 1.807) is 13.0 Å². The van der Waals surface area contributed by atoms with Gasteiger partial charge in [-0.05, 0) is 38.3 Å². The van der Waals surface area contributed by atoms with Crippen LogP contribution in [0.15, 0.2) is 18.2 Å². The molecule has 1 aliphatic rings. The van der Waals surface area contributed by atoms with E-state index in [1.165, 1.54) is 18.9 Å². The maximum Gasteiger partial charge on any atom is 0.131 e. The molecular formula is C15H22FNO. The highest BCUT2D eigenvalue weighted by Crippen LogP contribution is 2.36. The molecule has 0 radical (unpaired) electrons. The number of aliphatic hydroxyl groups excluding tert-OH is 1. The maximum absolute atomic E-state index is 13.9. The summed E-state index contributed by atoms with van der Waals surface area (Å²) in [5, 5.41) is 9.80. The van der Waals surface area contributed by atoms with Crippen molar-refractivity contribution in [1.82, 2.24) is 0 Å². The molecule has 1 aliphatic carbocycles. The second kappa shape index (κ2) is 5.70. The zero-order chi connectivity index (χ0) is 13.1. The van der Waals surface area contributed by atoms with Gasteiger partial charge in [0.15, 0.2) is 0 Å². The third kappa shape index (κ3) is 2.83. The lowest BCUT2D eigenvalue weighted by Crippen LogP contribution is -2.28. The van der Waals surface area contributed by atoms with Crippen molar-refractivity contribution < 1.29 is 9.50 Å². The minimum atomic E-state index is -0.760. The number of nitrogens with zero attached hydrogens (tertiary/aromatic N) is 1. The Hall–Kier alpha value is -1.09. The fraction of sp³-hybridized carbons (Fsp3) is 0.600. The number of hydrogen-bond donors (Lipinski definition) is 1. The van der Waals surface area contributed by atoms with Crippen molar-refractivity contribution in [2.45, 2.75) is 51.7 Å². The van der Waals surface area contributed by atoms with E-state index >= 15 is 0 Å². The quantitative estimate of drug-likeness (QED) is 0.834. The van der Waals surface area contributed by atoms with Crippen molar-refractivity contribution >= 4 is 5.69 Å². The van der Waals surface area contributed by atoms with Gasteiger partial charge in [-0.1, -0.05) is 19.4 Å². The van der Waals surface area contributed by atoms with Crippen LogP contribution in [0.25, 0.3) is 0 Å². The number of halogens is 1. The van der Waals surface area contributed by atoms with Gasteiger partial charge in [0, 0.05) is 23.8 Å². The molecule has 0 saturated heterocycles. The Morgan fingerprint density at radius 1 is 1.44 bits per heavy atom. The lowest BCUT2D eigenvalue weighted by Gasteiger charge is -2.28. The van der Waals surface area contributed by atoms with Gasteiger partial charge in [0.05, 0.1) is 6.10 Å². The summed E-state index contributed by atoms with van der Waals surface area (Å²) in [6.07, 6.45) is 3.83. The van der Waals surface area contributed by atoms with Crippen LogP contribution in [0, 0.1) is 5.82 Å². The average Bonchev–Trinajstić information content (AvgIpc) is 3.13. The monoisotopic (exact) mass is 251 g/mol. The highest BCUT2D eigenvalue weighted by molar-refractivity contribution is 5.56. The minimum Gasteiger partial charge on any atom is -0.389 e. The molecule has 1 N–H and O–H groups in total. The van der Waals surface area contributed by atoms with Gasteiger partial charge in [0.1, 0.15) is 5.82 Å². The Morgan fingerprint density at radius 2 is 2.17 bits per heavy atom. The molecule has 2 nitrogen and oxygen atoms in total. The van der Waals surface area contributed by atoms with Gasteiger partial charge in [-0.15, -0.1) is 0 Å². The lowest BCUT2D eigenvalue weighted by atomic mass is 10.1. The highest BCUT2D eigenvalue weighted by atomic mass is 19.1. The molecule has 1 fully saturated rings. The van der Waals surface area contributed by atoms with Crippen LogP contribution < -0.4 is 4.90 Å². The van der Waals surface area contributed by atoms with E-state index in [4.69, 9.17) is 0 Å². The second-order valence-electron chi connectivity index (χ2n) is 5.13. The topological polar surface area (TPSA) is 23.5 Å². The predicted octanol–water partition coefficient (Wildman–Crippen LogP) is 3.65.